The Kier molecular flexibility index (Phi) is 23.4. The van der Waals surface area contributed by atoms with Crippen LogP contribution in [0.25, 0.3) is 224 Å². The van der Waals surface area contributed by atoms with Crippen molar-refractivity contribution in [1.82, 2.24) is 29.9 Å². The molecule has 0 saturated carbocycles. The summed E-state index contributed by atoms with van der Waals surface area (Å²) in [5.74, 6) is 3.76. The van der Waals surface area contributed by atoms with Crippen molar-refractivity contribution < 1.29 is 0 Å². The number of nitrogens with zero attached hydrogens (tertiary/aromatic N) is 6. The average molecular weight is 1680 g/mol. The Hall–Kier alpha value is -17.6. The van der Waals surface area contributed by atoms with Gasteiger partial charge in [-0.1, -0.05) is 455 Å². The molecule has 2 aromatic heterocycles. The zero-order valence-corrected chi connectivity index (χ0v) is 72.3. The van der Waals surface area contributed by atoms with Crippen LogP contribution >= 0.6 is 0 Å². The van der Waals surface area contributed by atoms with E-state index in [1.54, 1.807) is 0 Å². The SMILES string of the molecule is c1ccc(-c2ccc(-c3c(-c4cccc(-c5ccccc5)c4)cc(-c4cccc(-c5nc(-c6ccccc6)nc(-c6ccccc6)n5)c4)cc3-c3cccc(-c4ccccc4)c3)cc2)cc1.c1ccc(-c2cccc(-c3cc(-c4cccc(-c5nc(-c6ccccc6)nc(-c6ccccc6)n5)c4)cc(-c4cccc(-c5ccccc5)c4)c3-c3cccc(-c4ccccc4)c3)c2)cc1. The fraction of sp³-hybridized carbons (Fsp3) is 0. The first kappa shape index (κ1) is 81.5. The third kappa shape index (κ3) is 18.0. The second-order valence-corrected chi connectivity index (χ2v) is 32.8. The molecule has 0 amide bonds. The van der Waals surface area contributed by atoms with E-state index in [9.17, 15) is 0 Å². The van der Waals surface area contributed by atoms with Crippen molar-refractivity contribution in [3.8, 4) is 224 Å². The largest absolute Gasteiger partial charge is 0.208 e. The standard InChI is InChI=1S/2C63H43N3/c1-6-20-44(21-7-1)49-30-16-34-53(38-49)58-42-57(52-33-19-37-56(41-52)63-65-61(47-26-12-4-13-27-47)64-62(66-63)48-28-14-5-15-29-48)43-59(54-35-17-31-50(39-54)45-22-8-2-9-23-45)60(58)55-36-18-32-51(40-55)46-24-10-3-11-25-46;1-6-19-44(20-7-1)47-35-37-48(38-36-47)60-58(54-32-16-29-51(39-54)45-21-8-2-9-22-45)42-57(43-59(60)55-33-17-30-52(40-55)46-23-10-3-11-24-46)53-31-18-34-56(41-53)63-65-61(49-25-12-4-13-26-49)64-62(66-63)50-27-14-5-15-28-50/h2*1-43H. The van der Waals surface area contributed by atoms with E-state index in [2.05, 4.69) is 400 Å². The van der Waals surface area contributed by atoms with Gasteiger partial charge in [0.2, 0.25) is 0 Å². The molecule has 0 aliphatic heterocycles. The molecule has 22 rings (SSSR count). The summed E-state index contributed by atoms with van der Waals surface area (Å²) in [7, 11) is 0. The first-order valence-electron chi connectivity index (χ1n) is 44.7. The van der Waals surface area contributed by atoms with Gasteiger partial charge in [-0.25, -0.2) is 29.9 Å². The summed E-state index contributed by atoms with van der Waals surface area (Å²) < 4.78 is 0. The quantitative estimate of drug-likeness (QED) is 0.0757. The summed E-state index contributed by atoms with van der Waals surface area (Å²) in [6.07, 6.45) is 0. The van der Waals surface area contributed by atoms with Crippen LogP contribution in [0, 0.1) is 0 Å². The van der Waals surface area contributed by atoms with Crippen LogP contribution in [0.15, 0.2) is 522 Å². The summed E-state index contributed by atoms with van der Waals surface area (Å²) >= 11 is 0. The van der Waals surface area contributed by atoms with Crippen LogP contribution in [0.2, 0.25) is 0 Å². The molecule has 0 aliphatic carbocycles. The van der Waals surface area contributed by atoms with Crippen molar-refractivity contribution >= 4 is 0 Å². The molecule has 22 aromatic rings. The van der Waals surface area contributed by atoms with Crippen molar-refractivity contribution in [2.24, 2.45) is 0 Å². The lowest BCUT2D eigenvalue weighted by Crippen LogP contribution is -2.00. The van der Waals surface area contributed by atoms with E-state index in [4.69, 9.17) is 29.9 Å². The van der Waals surface area contributed by atoms with Crippen LogP contribution in [0.4, 0.5) is 0 Å². The fourth-order valence-electron chi connectivity index (χ4n) is 17.6. The molecule has 6 heteroatoms. The van der Waals surface area contributed by atoms with Gasteiger partial charge in [-0.2, -0.15) is 0 Å². The van der Waals surface area contributed by atoms with Gasteiger partial charge in [0, 0.05) is 33.4 Å². The molecule has 0 saturated heterocycles. The minimum absolute atomic E-state index is 0.616. The van der Waals surface area contributed by atoms with Crippen LogP contribution in [0.3, 0.4) is 0 Å². The molecule has 0 N–H and O–H groups in total. The lowest BCUT2D eigenvalue weighted by molar-refractivity contribution is 1.07. The van der Waals surface area contributed by atoms with Gasteiger partial charge in [-0.15, -0.1) is 0 Å². The zero-order valence-electron chi connectivity index (χ0n) is 72.3. The fourth-order valence-corrected chi connectivity index (χ4v) is 17.6. The van der Waals surface area contributed by atoms with E-state index < -0.39 is 0 Å². The van der Waals surface area contributed by atoms with Gasteiger partial charge < -0.3 is 0 Å². The molecule has 0 atom stereocenters. The topological polar surface area (TPSA) is 77.3 Å². The molecule has 0 bridgehead atoms. The highest BCUT2D eigenvalue weighted by Gasteiger charge is 2.24. The number of aromatic nitrogens is 6. The Morgan fingerprint density at radius 2 is 0.227 bits per heavy atom. The van der Waals surface area contributed by atoms with Crippen molar-refractivity contribution in [3.63, 3.8) is 0 Å². The Balaban J connectivity index is 0.000000159. The number of rotatable bonds is 20. The third-order valence-electron chi connectivity index (χ3n) is 24.2. The van der Waals surface area contributed by atoms with Crippen molar-refractivity contribution in [2.75, 3.05) is 0 Å². The van der Waals surface area contributed by atoms with Gasteiger partial charge in [-0.3, -0.25) is 0 Å². The van der Waals surface area contributed by atoms with Crippen molar-refractivity contribution in [3.05, 3.63) is 522 Å². The molecule has 620 valence electrons. The molecule has 0 fully saturated rings. The highest BCUT2D eigenvalue weighted by Crippen LogP contribution is 2.49. The second-order valence-electron chi connectivity index (χ2n) is 32.8. The second kappa shape index (κ2) is 37.9. The number of hydrogen-bond acceptors (Lipinski definition) is 6. The monoisotopic (exact) mass is 1680 g/mol. The molecule has 0 aliphatic rings. The van der Waals surface area contributed by atoms with Gasteiger partial charge >= 0.3 is 0 Å². The molecule has 0 radical (unpaired) electrons. The molecular weight excluding hydrogens is 1600 g/mol. The molecule has 0 spiro atoms. The summed E-state index contributed by atoms with van der Waals surface area (Å²) in [5.41, 5.74) is 37.6. The van der Waals surface area contributed by atoms with Gasteiger partial charge in [0.1, 0.15) is 0 Å². The van der Waals surface area contributed by atoms with E-state index in [-0.39, 0.29) is 0 Å². The summed E-state index contributed by atoms with van der Waals surface area (Å²) in [6, 6.07) is 185. The minimum Gasteiger partial charge on any atom is -0.208 e. The highest BCUT2D eigenvalue weighted by atomic mass is 15.0. The lowest BCUT2D eigenvalue weighted by Gasteiger charge is -2.21. The van der Waals surface area contributed by atoms with Crippen LogP contribution in [0.5, 0.6) is 0 Å². The van der Waals surface area contributed by atoms with E-state index >= 15 is 0 Å². The van der Waals surface area contributed by atoms with Crippen LogP contribution in [-0.4, -0.2) is 29.9 Å². The lowest BCUT2D eigenvalue weighted by atomic mass is 9.83. The van der Waals surface area contributed by atoms with E-state index in [1.807, 2.05) is 121 Å². The first-order valence-corrected chi connectivity index (χ1v) is 44.7. The first-order chi connectivity index (χ1) is 65.4. The van der Waals surface area contributed by atoms with Gasteiger partial charge in [-0.05, 0) is 223 Å². The number of benzene rings is 20. The zero-order chi connectivity index (χ0) is 88.1. The summed E-state index contributed by atoms with van der Waals surface area (Å²) in [5, 5.41) is 0. The van der Waals surface area contributed by atoms with Gasteiger partial charge in [0.05, 0.1) is 0 Å². The average Bonchev–Trinajstić information content (AvgIpc) is 0.755. The van der Waals surface area contributed by atoms with Crippen molar-refractivity contribution in [1.29, 1.82) is 0 Å². The summed E-state index contributed by atoms with van der Waals surface area (Å²) in [4.78, 5) is 30.4. The Morgan fingerprint density at radius 3 is 0.470 bits per heavy atom. The Labute approximate surface area is 770 Å². The maximum absolute atomic E-state index is 5.11. The molecule has 2 heterocycles. The maximum Gasteiger partial charge on any atom is 0.164 e. The predicted molar refractivity (Wildman–Crippen MR) is 548 cm³/mol. The number of hydrogen-bond donors (Lipinski definition) is 0. The Morgan fingerprint density at radius 1 is 0.0833 bits per heavy atom. The van der Waals surface area contributed by atoms with E-state index in [0.717, 1.165) is 134 Å². The maximum atomic E-state index is 5.11. The highest BCUT2D eigenvalue weighted by molar-refractivity contribution is 6.02. The van der Waals surface area contributed by atoms with Gasteiger partial charge in [0.15, 0.2) is 34.9 Å². The molecule has 0 unspecified atom stereocenters. The van der Waals surface area contributed by atoms with E-state index in [0.29, 0.717) is 34.9 Å². The molecule has 132 heavy (non-hydrogen) atoms. The van der Waals surface area contributed by atoms with E-state index in [1.165, 1.54) is 55.6 Å². The molecule has 6 nitrogen and oxygen atoms in total. The summed E-state index contributed by atoms with van der Waals surface area (Å²) in [6.45, 7) is 0. The Bertz CT molecular complexity index is 7480. The normalized spacial score (nSPS) is 11.0. The smallest absolute Gasteiger partial charge is 0.164 e. The predicted octanol–water partition coefficient (Wildman–Crippen LogP) is 33.1. The molecular formula is C126H86N6. The van der Waals surface area contributed by atoms with Crippen molar-refractivity contribution in [2.45, 2.75) is 0 Å². The van der Waals surface area contributed by atoms with Crippen LogP contribution < -0.4 is 0 Å². The minimum atomic E-state index is 0.616. The third-order valence-corrected chi connectivity index (χ3v) is 24.2. The van der Waals surface area contributed by atoms with Gasteiger partial charge in [0.25, 0.3) is 0 Å². The molecule has 20 aromatic carbocycles. The van der Waals surface area contributed by atoms with Crippen LogP contribution in [0.1, 0.15) is 0 Å². The van der Waals surface area contributed by atoms with Crippen LogP contribution in [-0.2, 0) is 0 Å².